The molecule has 0 amide bonds. The quantitative estimate of drug-likeness (QED) is 0.585. The summed E-state index contributed by atoms with van der Waals surface area (Å²) < 4.78 is 20.1. The molecule has 0 saturated carbocycles. The lowest BCUT2D eigenvalue weighted by Gasteiger charge is -2.32. The highest BCUT2D eigenvalue weighted by atomic mass is 16.7. The fraction of sp³-hybridized carbons (Fsp3) is 0.571. The molecule has 2 aromatic rings. The second-order valence-corrected chi connectivity index (χ2v) is 8.32. The number of nitrogens with zero attached hydrogens (tertiary/aromatic N) is 1. The summed E-state index contributed by atoms with van der Waals surface area (Å²) in [4.78, 5) is 12.4. The van der Waals surface area contributed by atoms with Crippen LogP contribution in [0, 0.1) is 6.92 Å². The minimum Gasteiger partial charge on any atom is -0.466 e. The van der Waals surface area contributed by atoms with Gasteiger partial charge >= 0.3 is 13.1 Å². The van der Waals surface area contributed by atoms with Crippen LogP contribution >= 0.6 is 0 Å². The molecule has 0 bridgehead atoms. The summed E-state index contributed by atoms with van der Waals surface area (Å²) in [5.74, 6) is -0.472. The summed E-state index contributed by atoms with van der Waals surface area (Å²) >= 11 is 0. The maximum atomic E-state index is 12.4. The van der Waals surface area contributed by atoms with E-state index in [1.807, 2.05) is 53.8 Å². The Kier molecular flexibility index (Phi) is 5.17. The molecule has 6 heteroatoms. The van der Waals surface area contributed by atoms with Crippen LogP contribution in [0.5, 0.6) is 0 Å². The van der Waals surface area contributed by atoms with E-state index < -0.39 is 18.3 Å². The molecule has 0 spiro atoms. The standard InChI is InChI=1S/C21H30BNO4/c1-8-25-18(24)13-16(22-26-20(3,4)21(5,6)27-22)19-14(2)23(7)17-12-10-9-11-15(17)19/h9-12,16H,8,13H2,1-7H3. The van der Waals surface area contributed by atoms with Crippen molar-refractivity contribution in [3.63, 3.8) is 0 Å². The minimum absolute atomic E-state index is 0.222. The van der Waals surface area contributed by atoms with Crippen LogP contribution < -0.4 is 0 Å². The molecule has 1 aliphatic heterocycles. The van der Waals surface area contributed by atoms with Gasteiger partial charge in [-0.1, -0.05) is 18.2 Å². The van der Waals surface area contributed by atoms with Crippen molar-refractivity contribution < 1.29 is 18.8 Å². The zero-order valence-electron chi connectivity index (χ0n) is 17.5. The number of carbonyl (C=O) groups is 1. The molecule has 1 saturated heterocycles. The fourth-order valence-corrected chi connectivity index (χ4v) is 3.80. The molecule has 1 aromatic carbocycles. The van der Waals surface area contributed by atoms with Gasteiger partial charge in [-0.2, -0.15) is 0 Å². The molecule has 1 fully saturated rings. The first-order valence-electron chi connectivity index (χ1n) is 9.64. The molecule has 1 aromatic heterocycles. The third kappa shape index (κ3) is 3.41. The van der Waals surface area contributed by atoms with Crippen LogP contribution in [0.15, 0.2) is 24.3 Å². The number of benzene rings is 1. The number of aryl methyl sites for hydroxylation is 1. The lowest BCUT2D eigenvalue weighted by molar-refractivity contribution is -0.143. The Morgan fingerprint density at radius 1 is 1.19 bits per heavy atom. The van der Waals surface area contributed by atoms with E-state index in [9.17, 15) is 4.79 Å². The molecule has 27 heavy (non-hydrogen) atoms. The molecule has 1 unspecified atom stereocenters. The Morgan fingerprint density at radius 2 is 1.78 bits per heavy atom. The second-order valence-electron chi connectivity index (χ2n) is 8.32. The van der Waals surface area contributed by atoms with Gasteiger partial charge in [-0.15, -0.1) is 0 Å². The van der Waals surface area contributed by atoms with Crippen LogP contribution in [0.25, 0.3) is 10.9 Å². The average molecular weight is 371 g/mol. The fourth-order valence-electron chi connectivity index (χ4n) is 3.80. The van der Waals surface area contributed by atoms with Gasteiger partial charge in [-0.25, -0.2) is 0 Å². The van der Waals surface area contributed by atoms with E-state index in [1.54, 1.807) is 0 Å². The maximum Gasteiger partial charge on any atom is 0.466 e. The van der Waals surface area contributed by atoms with Crippen molar-refractivity contribution in [3.8, 4) is 0 Å². The Balaban J connectivity index is 2.10. The highest BCUT2D eigenvalue weighted by molar-refractivity contribution is 6.48. The zero-order valence-corrected chi connectivity index (χ0v) is 17.5. The Bertz CT molecular complexity index is 839. The molecular weight excluding hydrogens is 341 g/mol. The van der Waals surface area contributed by atoms with E-state index in [0.717, 1.165) is 22.2 Å². The van der Waals surface area contributed by atoms with E-state index >= 15 is 0 Å². The largest absolute Gasteiger partial charge is 0.466 e. The van der Waals surface area contributed by atoms with Crippen molar-refractivity contribution >= 4 is 24.0 Å². The number of hydrogen-bond donors (Lipinski definition) is 0. The van der Waals surface area contributed by atoms with Crippen LogP contribution in [-0.4, -0.2) is 35.5 Å². The van der Waals surface area contributed by atoms with Crippen molar-refractivity contribution in [1.82, 2.24) is 4.57 Å². The van der Waals surface area contributed by atoms with Crippen LogP contribution in [0.3, 0.4) is 0 Å². The molecule has 146 valence electrons. The molecule has 3 rings (SSSR count). The van der Waals surface area contributed by atoms with Gasteiger partial charge in [-0.3, -0.25) is 4.79 Å². The molecule has 1 aliphatic rings. The number of aromatic nitrogens is 1. The normalized spacial score (nSPS) is 19.4. The van der Waals surface area contributed by atoms with Gasteiger partial charge in [0.1, 0.15) is 0 Å². The highest BCUT2D eigenvalue weighted by Gasteiger charge is 2.55. The summed E-state index contributed by atoms with van der Waals surface area (Å²) in [6, 6.07) is 8.25. The van der Waals surface area contributed by atoms with Crippen molar-refractivity contribution in [2.24, 2.45) is 7.05 Å². The predicted molar refractivity (Wildman–Crippen MR) is 108 cm³/mol. The maximum absolute atomic E-state index is 12.4. The molecule has 1 atom stereocenters. The number of ether oxygens (including phenoxy) is 1. The monoisotopic (exact) mass is 371 g/mol. The first-order valence-corrected chi connectivity index (χ1v) is 9.64. The zero-order chi connectivity index (χ0) is 20.0. The van der Waals surface area contributed by atoms with Crippen LogP contribution in [-0.2, 0) is 25.9 Å². The van der Waals surface area contributed by atoms with Gasteiger partial charge in [0.15, 0.2) is 0 Å². The van der Waals surface area contributed by atoms with Crippen molar-refractivity contribution in [1.29, 1.82) is 0 Å². The summed E-state index contributed by atoms with van der Waals surface area (Å²) in [6.45, 7) is 12.4. The summed E-state index contributed by atoms with van der Waals surface area (Å²) in [7, 11) is 1.54. The molecule has 2 heterocycles. The van der Waals surface area contributed by atoms with Crippen LogP contribution in [0.1, 0.15) is 58.1 Å². The number of para-hydroxylation sites is 1. The summed E-state index contributed by atoms with van der Waals surface area (Å²) in [5, 5.41) is 1.13. The number of fused-ring (bicyclic) bond motifs is 1. The van der Waals surface area contributed by atoms with Gasteiger partial charge in [0, 0.05) is 29.5 Å². The smallest absolute Gasteiger partial charge is 0.466 e. The van der Waals surface area contributed by atoms with E-state index in [4.69, 9.17) is 14.0 Å². The average Bonchev–Trinajstić information content (AvgIpc) is 2.96. The third-order valence-electron chi connectivity index (χ3n) is 6.11. The lowest BCUT2D eigenvalue weighted by atomic mass is 9.65. The summed E-state index contributed by atoms with van der Waals surface area (Å²) in [6.07, 6.45) is 0.222. The molecule has 0 radical (unpaired) electrons. The van der Waals surface area contributed by atoms with E-state index in [0.29, 0.717) is 6.61 Å². The molecule has 0 aliphatic carbocycles. The number of rotatable bonds is 5. The molecular formula is C21H30BNO4. The first-order chi connectivity index (χ1) is 12.6. The van der Waals surface area contributed by atoms with Gasteiger partial charge in [0.2, 0.25) is 0 Å². The van der Waals surface area contributed by atoms with E-state index in [-0.39, 0.29) is 18.2 Å². The van der Waals surface area contributed by atoms with E-state index in [1.165, 1.54) is 0 Å². The number of hydrogen-bond acceptors (Lipinski definition) is 4. The highest BCUT2D eigenvalue weighted by Crippen LogP contribution is 2.44. The second kappa shape index (κ2) is 6.99. The Labute approximate surface area is 162 Å². The third-order valence-corrected chi connectivity index (χ3v) is 6.11. The Hall–Kier alpha value is -1.79. The predicted octanol–water partition coefficient (Wildman–Crippen LogP) is 4.15. The topological polar surface area (TPSA) is 49.7 Å². The first kappa shape index (κ1) is 20.0. The Morgan fingerprint density at radius 3 is 2.37 bits per heavy atom. The van der Waals surface area contributed by atoms with Gasteiger partial charge in [0.05, 0.1) is 24.2 Å². The summed E-state index contributed by atoms with van der Waals surface area (Å²) in [5.41, 5.74) is 2.43. The van der Waals surface area contributed by atoms with Crippen molar-refractivity contribution in [2.75, 3.05) is 6.61 Å². The van der Waals surface area contributed by atoms with Gasteiger partial charge in [0.25, 0.3) is 0 Å². The minimum atomic E-state index is -0.510. The van der Waals surface area contributed by atoms with Crippen LogP contribution in [0.4, 0.5) is 0 Å². The van der Waals surface area contributed by atoms with Gasteiger partial charge < -0.3 is 18.6 Å². The number of carbonyl (C=O) groups excluding carboxylic acids is 1. The van der Waals surface area contributed by atoms with Gasteiger partial charge in [-0.05, 0) is 53.2 Å². The lowest BCUT2D eigenvalue weighted by Crippen LogP contribution is -2.41. The van der Waals surface area contributed by atoms with Crippen molar-refractivity contribution in [3.05, 3.63) is 35.5 Å². The van der Waals surface area contributed by atoms with Crippen LogP contribution in [0.2, 0.25) is 0 Å². The van der Waals surface area contributed by atoms with E-state index in [2.05, 4.69) is 23.6 Å². The van der Waals surface area contributed by atoms with Crippen molar-refractivity contribution in [2.45, 2.75) is 65.0 Å². The SMILES string of the molecule is CCOC(=O)CC(B1OC(C)(C)C(C)(C)O1)c1c(C)n(C)c2ccccc12. The molecule has 0 N–H and O–H groups in total. The molecule has 5 nitrogen and oxygen atoms in total. The number of esters is 1.